The summed E-state index contributed by atoms with van der Waals surface area (Å²) in [7, 11) is 0. The monoisotopic (exact) mass is 290 g/mol. The van der Waals surface area contributed by atoms with Crippen molar-refractivity contribution in [1.29, 1.82) is 0 Å². The summed E-state index contributed by atoms with van der Waals surface area (Å²) in [6.07, 6.45) is 2.62. The van der Waals surface area contributed by atoms with E-state index in [0.29, 0.717) is 19.8 Å². The fourth-order valence-electron chi connectivity index (χ4n) is 2.86. The molecule has 0 aliphatic carbocycles. The van der Waals surface area contributed by atoms with Crippen LogP contribution in [0.15, 0.2) is 30.3 Å². The number of carbonyl (C=O) groups excluding carboxylic acids is 1. The molecule has 21 heavy (non-hydrogen) atoms. The first kappa shape index (κ1) is 16.0. The zero-order valence-electron chi connectivity index (χ0n) is 12.9. The van der Waals surface area contributed by atoms with Gasteiger partial charge in [0.05, 0.1) is 5.41 Å². The highest BCUT2D eigenvalue weighted by atomic mass is 16.5. The Morgan fingerprint density at radius 2 is 1.86 bits per heavy atom. The van der Waals surface area contributed by atoms with Crippen molar-refractivity contribution in [2.75, 3.05) is 32.8 Å². The second kappa shape index (κ2) is 8.15. The number of carbonyl (C=O) groups is 1. The van der Waals surface area contributed by atoms with Gasteiger partial charge in [-0.3, -0.25) is 4.79 Å². The summed E-state index contributed by atoms with van der Waals surface area (Å²) in [5.41, 5.74) is 0.678. The molecular formula is C17H26N2O2. The van der Waals surface area contributed by atoms with Gasteiger partial charge in [0.25, 0.3) is 0 Å². The van der Waals surface area contributed by atoms with E-state index in [1.807, 2.05) is 18.2 Å². The highest BCUT2D eigenvalue weighted by Crippen LogP contribution is 2.34. The van der Waals surface area contributed by atoms with Gasteiger partial charge in [0.15, 0.2) is 0 Å². The van der Waals surface area contributed by atoms with Gasteiger partial charge in [0.2, 0.25) is 5.91 Å². The van der Waals surface area contributed by atoms with Gasteiger partial charge in [-0.15, -0.1) is 0 Å². The van der Waals surface area contributed by atoms with Crippen LogP contribution in [0.3, 0.4) is 0 Å². The Bertz CT molecular complexity index is 428. The van der Waals surface area contributed by atoms with Crippen molar-refractivity contribution in [3.8, 4) is 0 Å². The lowest BCUT2D eigenvalue weighted by Crippen LogP contribution is -2.49. The first-order valence-electron chi connectivity index (χ1n) is 7.92. The predicted molar refractivity (Wildman–Crippen MR) is 84.3 cm³/mol. The smallest absolute Gasteiger partial charge is 0.230 e. The number of benzene rings is 1. The summed E-state index contributed by atoms with van der Waals surface area (Å²) in [5.74, 6) is 0.135. The summed E-state index contributed by atoms with van der Waals surface area (Å²) < 4.78 is 5.46. The van der Waals surface area contributed by atoms with Gasteiger partial charge in [0, 0.05) is 26.3 Å². The Balaban J connectivity index is 2.01. The van der Waals surface area contributed by atoms with Gasteiger partial charge in [-0.1, -0.05) is 37.3 Å². The summed E-state index contributed by atoms with van der Waals surface area (Å²) >= 11 is 0. The van der Waals surface area contributed by atoms with E-state index in [0.717, 1.165) is 37.9 Å². The van der Waals surface area contributed by atoms with Crippen molar-refractivity contribution in [2.45, 2.75) is 31.6 Å². The quantitative estimate of drug-likeness (QED) is 0.754. The van der Waals surface area contributed by atoms with E-state index in [-0.39, 0.29) is 5.91 Å². The van der Waals surface area contributed by atoms with Gasteiger partial charge in [-0.2, -0.15) is 0 Å². The minimum Gasteiger partial charge on any atom is -0.381 e. The number of ether oxygens (including phenoxy) is 1. The van der Waals surface area contributed by atoms with E-state index >= 15 is 0 Å². The Labute approximate surface area is 127 Å². The Morgan fingerprint density at radius 1 is 1.14 bits per heavy atom. The number of amides is 1. The van der Waals surface area contributed by atoms with Gasteiger partial charge in [-0.25, -0.2) is 0 Å². The molecule has 1 saturated heterocycles. The third-order valence-electron chi connectivity index (χ3n) is 4.12. The molecule has 2 rings (SSSR count). The van der Waals surface area contributed by atoms with E-state index < -0.39 is 5.41 Å². The minimum atomic E-state index is -0.426. The minimum absolute atomic E-state index is 0.135. The first-order chi connectivity index (χ1) is 10.3. The molecule has 1 aromatic carbocycles. The predicted octanol–water partition coefficient (Wildman–Crippen LogP) is 1.85. The standard InChI is InChI=1S/C17H26N2O2/c1-2-10-18-11-12-19-16(20)17(8-13-21-14-9-17)15-6-4-3-5-7-15/h3-7,18H,2,8-14H2,1H3,(H,19,20). The van der Waals surface area contributed by atoms with Crippen LogP contribution in [0.1, 0.15) is 31.7 Å². The van der Waals surface area contributed by atoms with Crippen LogP contribution in [0.2, 0.25) is 0 Å². The van der Waals surface area contributed by atoms with Crippen LogP contribution in [0.5, 0.6) is 0 Å². The zero-order valence-corrected chi connectivity index (χ0v) is 12.9. The highest BCUT2D eigenvalue weighted by Gasteiger charge is 2.41. The molecule has 1 aliphatic rings. The van der Waals surface area contributed by atoms with Crippen LogP contribution in [0, 0.1) is 0 Å². The lowest BCUT2D eigenvalue weighted by molar-refractivity contribution is -0.130. The van der Waals surface area contributed by atoms with E-state index in [2.05, 4.69) is 29.7 Å². The fourth-order valence-corrected chi connectivity index (χ4v) is 2.86. The maximum Gasteiger partial charge on any atom is 0.230 e. The molecule has 116 valence electrons. The fraction of sp³-hybridized carbons (Fsp3) is 0.588. The first-order valence-corrected chi connectivity index (χ1v) is 7.92. The Kier molecular flexibility index (Phi) is 6.21. The average Bonchev–Trinajstić information content (AvgIpc) is 2.56. The highest BCUT2D eigenvalue weighted by molar-refractivity contribution is 5.88. The van der Waals surface area contributed by atoms with Crippen LogP contribution in [0.25, 0.3) is 0 Å². The van der Waals surface area contributed by atoms with Crippen molar-refractivity contribution >= 4 is 5.91 Å². The zero-order chi connectivity index (χ0) is 15.0. The molecule has 1 heterocycles. The second-order valence-electron chi connectivity index (χ2n) is 5.57. The Morgan fingerprint density at radius 3 is 2.52 bits per heavy atom. The molecule has 4 heteroatoms. The van der Waals surface area contributed by atoms with Crippen LogP contribution >= 0.6 is 0 Å². The third-order valence-corrected chi connectivity index (χ3v) is 4.12. The molecule has 0 radical (unpaired) electrons. The largest absolute Gasteiger partial charge is 0.381 e. The summed E-state index contributed by atoms with van der Waals surface area (Å²) in [5, 5.41) is 6.40. The second-order valence-corrected chi connectivity index (χ2v) is 5.57. The van der Waals surface area contributed by atoms with E-state index in [1.165, 1.54) is 0 Å². The van der Waals surface area contributed by atoms with Gasteiger partial charge in [-0.05, 0) is 31.4 Å². The van der Waals surface area contributed by atoms with E-state index in [4.69, 9.17) is 4.74 Å². The van der Waals surface area contributed by atoms with Crippen molar-refractivity contribution in [2.24, 2.45) is 0 Å². The van der Waals surface area contributed by atoms with E-state index in [1.54, 1.807) is 0 Å². The van der Waals surface area contributed by atoms with Crippen molar-refractivity contribution in [3.63, 3.8) is 0 Å². The van der Waals surface area contributed by atoms with Gasteiger partial charge < -0.3 is 15.4 Å². The number of hydrogen-bond donors (Lipinski definition) is 2. The maximum absolute atomic E-state index is 12.8. The number of rotatable bonds is 7. The van der Waals surface area contributed by atoms with Crippen molar-refractivity contribution in [3.05, 3.63) is 35.9 Å². The molecule has 0 bridgehead atoms. The number of hydrogen-bond acceptors (Lipinski definition) is 3. The molecule has 2 N–H and O–H groups in total. The molecule has 0 atom stereocenters. The van der Waals surface area contributed by atoms with Crippen LogP contribution < -0.4 is 10.6 Å². The van der Waals surface area contributed by atoms with Crippen LogP contribution in [0.4, 0.5) is 0 Å². The SMILES string of the molecule is CCCNCCNC(=O)C1(c2ccccc2)CCOCC1. The topological polar surface area (TPSA) is 50.4 Å². The summed E-state index contributed by atoms with van der Waals surface area (Å²) in [6, 6.07) is 10.1. The summed E-state index contributed by atoms with van der Waals surface area (Å²) in [4.78, 5) is 12.8. The normalized spacial score (nSPS) is 17.4. The molecule has 1 aromatic rings. The van der Waals surface area contributed by atoms with Crippen LogP contribution in [-0.4, -0.2) is 38.8 Å². The van der Waals surface area contributed by atoms with Crippen molar-refractivity contribution in [1.82, 2.24) is 10.6 Å². The molecule has 0 aromatic heterocycles. The molecule has 0 spiro atoms. The summed E-state index contributed by atoms with van der Waals surface area (Å²) in [6.45, 7) is 5.92. The molecular weight excluding hydrogens is 264 g/mol. The third kappa shape index (κ3) is 4.05. The van der Waals surface area contributed by atoms with Gasteiger partial charge >= 0.3 is 0 Å². The van der Waals surface area contributed by atoms with Gasteiger partial charge in [0.1, 0.15) is 0 Å². The average molecular weight is 290 g/mol. The van der Waals surface area contributed by atoms with Crippen LogP contribution in [-0.2, 0) is 14.9 Å². The number of nitrogens with one attached hydrogen (secondary N) is 2. The molecule has 1 fully saturated rings. The molecule has 1 aliphatic heterocycles. The molecule has 4 nitrogen and oxygen atoms in total. The maximum atomic E-state index is 12.8. The van der Waals surface area contributed by atoms with E-state index in [9.17, 15) is 4.79 Å². The Hall–Kier alpha value is -1.39. The molecule has 0 unspecified atom stereocenters. The molecule has 0 saturated carbocycles. The lowest BCUT2D eigenvalue weighted by atomic mass is 9.73. The lowest BCUT2D eigenvalue weighted by Gasteiger charge is -2.36. The molecule has 1 amide bonds. The van der Waals surface area contributed by atoms with Crippen molar-refractivity contribution < 1.29 is 9.53 Å².